The van der Waals surface area contributed by atoms with Crippen LogP contribution in [0.25, 0.3) is 0 Å². The lowest BCUT2D eigenvalue weighted by molar-refractivity contribution is 0.0690. The van der Waals surface area contributed by atoms with Crippen molar-refractivity contribution in [3.8, 4) is 0 Å². The molecule has 9 nitrogen and oxygen atoms in total. The Labute approximate surface area is 151 Å². The zero-order valence-corrected chi connectivity index (χ0v) is 15.0. The molecular weight excluding hydrogens is 358 g/mol. The van der Waals surface area contributed by atoms with Crippen LogP contribution in [0.3, 0.4) is 0 Å². The molecule has 0 saturated carbocycles. The van der Waals surface area contributed by atoms with Crippen LogP contribution in [0.1, 0.15) is 28.9 Å². The van der Waals surface area contributed by atoms with Gasteiger partial charge in [0, 0.05) is 32.0 Å². The summed E-state index contributed by atoms with van der Waals surface area (Å²) in [5, 5.41) is 16.3. The van der Waals surface area contributed by atoms with Gasteiger partial charge < -0.3 is 5.11 Å². The van der Waals surface area contributed by atoms with Crippen molar-refractivity contribution in [3.05, 3.63) is 42.0 Å². The van der Waals surface area contributed by atoms with Gasteiger partial charge in [-0.1, -0.05) is 5.21 Å². The van der Waals surface area contributed by atoms with Gasteiger partial charge in [0.05, 0.1) is 11.9 Å². The second kappa shape index (κ2) is 7.92. The van der Waals surface area contributed by atoms with Crippen LogP contribution in [0.15, 0.2) is 30.7 Å². The lowest BCUT2D eigenvalue weighted by atomic mass is 10.00. The van der Waals surface area contributed by atoms with Crippen LogP contribution in [-0.2, 0) is 23.0 Å². The smallest absolute Gasteiger partial charge is 0.358 e. The Kier molecular flexibility index (Phi) is 5.62. The molecule has 10 heteroatoms. The Morgan fingerprint density at radius 3 is 2.77 bits per heavy atom. The van der Waals surface area contributed by atoms with Gasteiger partial charge in [-0.2, -0.15) is 0 Å². The summed E-state index contributed by atoms with van der Waals surface area (Å²) >= 11 is 0. The molecule has 1 aliphatic rings. The van der Waals surface area contributed by atoms with Crippen molar-refractivity contribution in [2.24, 2.45) is 5.92 Å². The number of carboxylic acid groups (broad SMARTS) is 1. The highest BCUT2D eigenvalue weighted by atomic mass is 32.2. The Hall–Kier alpha value is -2.33. The van der Waals surface area contributed by atoms with Crippen molar-refractivity contribution in [2.75, 3.05) is 18.8 Å². The first kappa shape index (κ1) is 18.5. The molecule has 0 amide bonds. The normalized spacial score (nSPS) is 18.7. The molecule has 0 spiro atoms. The van der Waals surface area contributed by atoms with E-state index >= 15 is 0 Å². The van der Waals surface area contributed by atoms with E-state index in [1.165, 1.54) is 15.2 Å². The zero-order chi connectivity index (χ0) is 18.6. The maximum absolute atomic E-state index is 12.6. The second-order valence-corrected chi connectivity index (χ2v) is 8.51. The van der Waals surface area contributed by atoms with Gasteiger partial charge in [0.25, 0.3) is 0 Å². The van der Waals surface area contributed by atoms with E-state index in [9.17, 15) is 13.2 Å². The van der Waals surface area contributed by atoms with E-state index in [-0.39, 0.29) is 17.4 Å². The summed E-state index contributed by atoms with van der Waals surface area (Å²) in [6.07, 6.45) is 6.79. The molecule has 0 radical (unpaired) electrons. The van der Waals surface area contributed by atoms with Crippen LogP contribution in [0.4, 0.5) is 0 Å². The molecule has 3 heterocycles. The first-order chi connectivity index (χ1) is 12.4. The highest BCUT2D eigenvalue weighted by Gasteiger charge is 2.29. The number of piperidine rings is 1. The van der Waals surface area contributed by atoms with Gasteiger partial charge in [0.15, 0.2) is 5.69 Å². The van der Waals surface area contributed by atoms with Gasteiger partial charge >= 0.3 is 5.97 Å². The molecule has 2 aromatic rings. The minimum absolute atomic E-state index is 0.0657. The Bertz CT molecular complexity index is 853. The second-order valence-electron chi connectivity index (χ2n) is 6.42. The minimum atomic E-state index is -3.34. The number of sulfonamides is 1. The van der Waals surface area contributed by atoms with E-state index in [1.54, 1.807) is 12.4 Å². The van der Waals surface area contributed by atoms with E-state index < -0.39 is 16.0 Å². The van der Waals surface area contributed by atoms with Gasteiger partial charge in [-0.25, -0.2) is 17.5 Å². The van der Waals surface area contributed by atoms with Gasteiger partial charge in [-0.05, 0) is 42.9 Å². The molecule has 1 fully saturated rings. The predicted octanol–water partition coefficient (Wildman–Crippen LogP) is 0.656. The first-order valence-corrected chi connectivity index (χ1v) is 10.0. The summed E-state index contributed by atoms with van der Waals surface area (Å²) in [5.41, 5.74) is 0.837. The van der Waals surface area contributed by atoms with Crippen molar-refractivity contribution in [1.82, 2.24) is 24.3 Å². The number of aromatic carboxylic acids is 1. The highest BCUT2D eigenvalue weighted by Crippen LogP contribution is 2.21. The molecule has 26 heavy (non-hydrogen) atoms. The largest absolute Gasteiger partial charge is 0.476 e. The van der Waals surface area contributed by atoms with Crippen molar-refractivity contribution in [2.45, 2.75) is 25.8 Å². The van der Waals surface area contributed by atoms with Crippen molar-refractivity contribution in [1.29, 1.82) is 0 Å². The third kappa shape index (κ3) is 4.64. The minimum Gasteiger partial charge on any atom is -0.476 e. The lowest BCUT2D eigenvalue weighted by Gasteiger charge is -2.31. The molecule has 0 unspecified atom stereocenters. The maximum Gasteiger partial charge on any atom is 0.358 e. The van der Waals surface area contributed by atoms with Crippen LogP contribution >= 0.6 is 0 Å². The molecule has 2 aromatic heterocycles. The number of carbonyl (C=O) groups is 1. The quantitative estimate of drug-likeness (QED) is 0.750. The summed E-state index contributed by atoms with van der Waals surface area (Å²) in [5.74, 6) is -0.973. The third-order valence-electron chi connectivity index (χ3n) is 4.48. The van der Waals surface area contributed by atoms with E-state index in [4.69, 9.17) is 5.11 Å². The first-order valence-electron chi connectivity index (χ1n) is 8.44. The van der Waals surface area contributed by atoms with Gasteiger partial charge in [-0.3, -0.25) is 9.67 Å². The van der Waals surface area contributed by atoms with Crippen molar-refractivity contribution < 1.29 is 18.3 Å². The number of nitrogens with zero attached hydrogens (tertiary/aromatic N) is 5. The number of aromatic nitrogens is 4. The Morgan fingerprint density at radius 1 is 1.31 bits per heavy atom. The third-order valence-corrected chi connectivity index (χ3v) is 6.31. The van der Waals surface area contributed by atoms with Gasteiger partial charge in [-0.15, -0.1) is 5.10 Å². The summed E-state index contributed by atoms with van der Waals surface area (Å²) < 4.78 is 28.3. The van der Waals surface area contributed by atoms with Crippen LogP contribution in [0.2, 0.25) is 0 Å². The molecule has 0 aromatic carbocycles. The van der Waals surface area contributed by atoms with E-state index in [2.05, 4.69) is 15.3 Å². The Morgan fingerprint density at radius 2 is 2.08 bits per heavy atom. The fourth-order valence-corrected chi connectivity index (χ4v) is 4.70. The number of rotatable bonds is 7. The summed E-state index contributed by atoms with van der Waals surface area (Å²) in [4.78, 5) is 14.8. The van der Waals surface area contributed by atoms with E-state index in [1.807, 2.05) is 12.1 Å². The van der Waals surface area contributed by atoms with Crippen LogP contribution in [0.5, 0.6) is 0 Å². The van der Waals surface area contributed by atoms with Crippen LogP contribution in [-0.4, -0.2) is 62.6 Å². The monoisotopic (exact) mass is 379 g/mol. The number of aryl methyl sites for hydroxylation is 1. The molecule has 1 atom stereocenters. The lowest BCUT2D eigenvalue weighted by Crippen LogP contribution is -2.42. The predicted molar refractivity (Wildman–Crippen MR) is 93.0 cm³/mol. The SMILES string of the molecule is O=C(O)c1cn(C[C@H]2CCCN(S(=O)(=O)CCc3ccncc3)C2)nn1. The summed E-state index contributed by atoms with van der Waals surface area (Å²) in [7, 11) is -3.34. The van der Waals surface area contributed by atoms with Gasteiger partial charge in [0.2, 0.25) is 10.0 Å². The topological polar surface area (TPSA) is 118 Å². The molecule has 1 aliphatic heterocycles. The number of hydrogen-bond acceptors (Lipinski definition) is 6. The maximum atomic E-state index is 12.6. The van der Waals surface area contributed by atoms with Crippen molar-refractivity contribution >= 4 is 16.0 Å². The molecule has 3 rings (SSSR count). The molecular formula is C16H21N5O4S. The Balaban J connectivity index is 1.58. The highest BCUT2D eigenvalue weighted by molar-refractivity contribution is 7.89. The molecule has 1 N–H and O–H groups in total. The average Bonchev–Trinajstić information content (AvgIpc) is 3.10. The molecule has 1 saturated heterocycles. The average molecular weight is 379 g/mol. The van der Waals surface area contributed by atoms with E-state index in [0.717, 1.165) is 18.4 Å². The van der Waals surface area contributed by atoms with E-state index in [0.29, 0.717) is 26.1 Å². The standard InChI is InChI=1S/C16H21N5O4S/c22-16(23)15-12-20(19-18-15)10-14-2-1-8-21(11-14)26(24,25)9-5-13-3-6-17-7-4-13/h3-4,6-7,12,14H,1-2,5,8-11H2,(H,22,23)/t14-/m1/s1. The van der Waals surface area contributed by atoms with Crippen molar-refractivity contribution in [3.63, 3.8) is 0 Å². The zero-order valence-electron chi connectivity index (χ0n) is 14.2. The number of carboxylic acids is 1. The summed E-state index contributed by atoms with van der Waals surface area (Å²) in [6, 6.07) is 3.64. The van der Waals surface area contributed by atoms with Gasteiger partial charge in [0.1, 0.15) is 0 Å². The summed E-state index contributed by atoms with van der Waals surface area (Å²) in [6.45, 7) is 1.39. The number of pyridine rings is 1. The fraction of sp³-hybridized carbons (Fsp3) is 0.500. The van der Waals surface area contributed by atoms with Crippen LogP contribution in [0, 0.1) is 5.92 Å². The molecule has 0 bridgehead atoms. The molecule has 140 valence electrons. The molecule has 0 aliphatic carbocycles. The van der Waals surface area contributed by atoms with Crippen LogP contribution < -0.4 is 0 Å². The fourth-order valence-electron chi connectivity index (χ4n) is 3.10. The number of hydrogen-bond donors (Lipinski definition) is 1.